The molecule has 92 valence electrons. The summed E-state index contributed by atoms with van der Waals surface area (Å²) in [6.07, 6.45) is 4.97. The standard InChI is InChI=1S/C13H19N3O/c1-3-4-5-12(10-17-2)16-13-7-6-11(8-14)9-15-13/h6-7,9,12H,3-5,10H2,1-2H3,(H,15,16). The second kappa shape index (κ2) is 7.64. The van der Waals surface area contributed by atoms with E-state index in [0.29, 0.717) is 12.2 Å². The first-order chi connectivity index (χ1) is 8.30. The van der Waals surface area contributed by atoms with Crippen LogP contribution in [0.15, 0.2) is 18.3 Å². The Labute approximate surface area is 103 Å². The molecule has 0 saturated carbocycles. The number of anilines is 1. The van der Waals surface area contributed by atoms with Crippen LogP contribution >= 0.6 is 0 Å². The minimum atomic E-state index is 0.278. The molecule has 4 heteroatoms. The zero-order valence-electron chi connectivity index (χ0n) is 10.4. The van der Waals surface area contributed by atoms with Crippen LogP contribution in [0.5, 0.6) is 0 Å². The Balaban J connectivity index is 2.55. The summed E-state index contributed by atoms with van der Waals surface area (Å²) < 4.78 is 5.18. The molecule has 1 rings (SSSR count). The number of nitrogens with one attached hydrogen (secondary N) is 1. The highest BCUT2D eigenvalue weighted by Crippen LogP contribution is 2.10. The molecule has 0 bridgehead atoms. The molecule has 1 N–H and O–H groups in total. The van der Waals surface area contributed by atoms with Gasteiger partial charge in [-0.3, -0.25) is 0 Å². The maximum absolute atomic E-state index is 8.68. The van der Waals surface area contributed by atoms with Crippen molar-refractivity contribution in [2.75, 3.05) is 19.0 Å². The van der Waals surface area contributed by atoms with Crippen molar-refractivity contribution in [3.05, 3.63) is 23.9 Å². The maximum atomic E-state index is 8.68. The summed E-state index contributed by atoms with van der Waals surface area (Å²) in [5.41, 5.74) is 0.576. The first-order valence-corrected chi connectivity index (χ1v) is 5.91. The van der Waals surface area contributed by atoms with Crippen LogP contribution < -0.4 is 5.32 Å². The van der Waals surface area contributed by atoms with E-state index in [-0.39, 0.29) is 6.04 Å². The zero-order chi connectivity index (χ0) is 12.5. The molecule has 0 radical (unpaired) electrons. The van der Waals surface area contributed by atoms with Gasteiger partial charge in [0.2, 0.25) is 0 Å². The van der Waals surface area contributed by atoms with Crippen molar-refractivity contribution in [3.8, 4) is 6.07 Å². The van der Waals surface area contributed by atoms with Gasteiger partial charge in [0, 0.05) is 13.3 Å². The van der Waals surface area contributed by atoms with Gasteiger partial charge in [0.1, 0.15) is 11.9 Å². The van der Waals surface area contributed by atoms with E-state index in [1.165, 1.54) is 6.42 Å². The summed E-state index contributed by atoms with van der Waals surface area (Å²) in [5, 5.41) is 12.0. The van der Waals surface area contributed by atoms with E-state index in [0.717, 1.165) is 18.7 Å². The summed E-state index contributed by atoms with van der Waals surface area (Å²) in [7, 11) is 1.70. The van der Waals surface area contributed by atoms with Gasteiger partial charge in [-0.2, -0.15) is 5.26 Å². The molecule has 4 nitrogen and oxygen atoms in total. The second-order valence-electron chi connectivity index (χ2n) is 3.98. The van der Waals surface area contributed by atoms with E-state index in [9.17, 15) is 0 Å². The lowest BCUT2D eigenvalue weighted by Gasteiger charge is -2.18. The number of unbranched alkanes of at least 4 members (excludes halogenated alkanes) is 1. The fourth-order valence-electron chi connectivity index (χ4n) is 1.60. The first-order valence-electron chi connectivity index (χ1n) is 5.91. The first kappa shape index (κ1) is 13.5. The Hall–Kier alpha value is -1.60. The van der Waals surface area contributed by atoms with Gasteiger partial charge in [-0.15, -0.1) is 0 Å². The van der Waals surface area contributed by atoms with Crippen molar-refractivity contribution in [1.29, 1.82) is 5.26 Å². The highest BCUT2D eigenvalue weighted by molar-refractivity contribution is 5.39. The summed E-state index contributed by atoms with van der Waals surface area (Å²) in [6, 6.07) is 5.92. The predicted molar refractivity (Wildman–Crippen MR) is 67.8 cm³/mol. The fraction of sp³-hybridized carbons (Fsp3) is 0.538. The van der Waals surface area contributed by atoms with Gasteiger partial charge in [0.05, 0.1) is 18.2 Å². The van der Waals surface area contributed by atoms with Crippen molar-refractivity contribution in [2.45, 2.75) is 32.2 Å². The largest absolute Gasteiger partial charge is 0.383 e. The number of rotatable bonds is 7. The van der Waals surface area contributed by atoms with Crippen molar-refractivity contribution >= 4 is 5.82 Å². The number of ether oxygens (including phenoxy) is 1. The van der Waals surface area contributed by atoms with Crippen LogP contribution in [0.4, 0.5) is 5.82 Å². The Bertz CT molecular complexity index is 356. The SMILES string of the molecule is CCCCC(COC)Nc1ccc(C#N)cn1. The topological polar surface area (TPSA) is 57.9 Å². The Morgan fingerprint density at radius 3 is 2.88 bits per heavy atom. The fourth-order valence-corrected chi connectivity index (χ4v) is 1.60. The van der Waals surface area contributed by atoms with Crippen molar-refractivity contribution < 1.29 is 4.74 Å². The minimum Gasteiger partial charge on any atom is -0.383 e. The van der Waals surface area contributed by atoms with E-state index < -0.39 is 0 Å². The van der Waals surface area contributed by atoms with Crippen LogP contribution in [0.1, 0.15) is 31.7 Å². The smallest absolute Gasteiger partial charge is 0.126 e. The molecule has 1 heterocycles. The quantitative estimate of drug-likeness (QED) is 0.786. The van der Waals surface area contributed by atoms with Gasteiger partial charge in [-0.05, 0) is 18.6 Å². The molecule has 0 aliphatic rings. The maximum Gasteiger partial charge on any atom is 0.126 e. The third-order valence-electron chi connectivity index (χ3n) is 2.52. The molecule has 17 heavy (non-hydrogen) atoms. The zero-order valence-corrected chi connectivity index (χ0v) is 10.4. The molecule has 0 aliphatic heterocycles. The molecule has 0 saturated heterocycles. The number of nitriles is 1. The Kier molecular flexibility index (Phi) is 6.05. The highest BCUT2D eigenvalue weighted by atomic mass is 16.5. The van der Waals surface area contributed by atoms with Gasteiger partial charge in [-0.1, -0.05) is 19.8 Å². The van der Waals surface area contributed by atoms with E-state index in [2.05, 4.69) is 23.3 Å². The van der Waals surface area contributed by atoms with Crippen molar-refractivity contribution in [1.82, 2.24) is 4.98 Å². The van der Waals surface area contributed by atoms with Crippen molar-refractivity contribution in [2.24, 2.45) is 0 Å². The van der Waals surface area contributed by atoms with Gasteiger partial charge < -0.3 is 10.1 Å². The van der Waals surface area contributed by atoms with Crippen LogP contribution in [0, 0.1) is 11.3 Å². The minimum absolute atomic E-state index is 0.278. The van der Waals surface area contributed by atoms with E-state index >= 15 is 0 Å². The molecule has 0 fully saturated rings. The monoisotopic (exact) mass is 233 g/mol. The Morgan fingerprint density at radius 2 is 2.35 bits per heavy atom. The molecular formula is C13H19N3O. The average molecular weight is 233 g/mol. The van der Waals surface area contributed by atoms with Crippen LogP contribution in [-0.4, -0.2) is 24.7 Å². The third kappa shape index (κ3) is 4.83. The number of pyridine rings is 1. The van der Waals surface area contributed by atoms with E-state index in [4.69, 9.17) is 10.00 Å². The molecule has 1 aromatic rings. The molecule has 0 amide bonds. The van der Waals surface area contributed by atoms with Crippen LogP contribution in [0.3, 0.4) is 0 Å². The molecule has 1 unspecified atom stereocenters. The lowest BCUT2D eigenvalue weighted by molar-refractivity contribution is 0.182. The lowest BCUT2D eigenvalue weighted by Crippen LogP contribution is -2.25. The van der Waals surface area contributed by atoms with Gasteiger partial charge in [0.25, 0.3) is 0 Å². The summed E-state index contributed by atoms with van der Waals surface area (Å²) in [5.74, 6) is 0.794. The number of hydrogen-bond acceptors (Lipinski definition) is 4. The summed E-state index contributed by atoms with van der Waals surface area (Å²) in [6.45, 7) is 2.84. The van der Waals surface area contributed by atoms with Gasteiger partial charge >= 0.3 is 0 Å². The molecule has 1 atom stereocenters. The Morgan fingerprint density at radius 1 is 1.53 bits per heavy atom. The van der Waals surface area contributed by atoms with E-state index in [1.807, 2.05) is 6.07 Å². The lowest BCUT2D eigenvalue weighted by atomic mass is 10.1. The van der Waals surface area contributed by atoms with Crippen molar-refractivity contribution in [3.63, 3.8) is 0 Å². The molecule has 1 aromatic heterocycles. The van der Waals surface area contributed by atoms with Crippen LogP contribution in [0.25, 0.3) is 0 Å². The van der Waals surface area contributed by atoms with Gasteiger partial charge in [-0.25, -0.2) is 4.98 Å². The molecule has 0 aromatic carbocycles. The number of hydrogen-bond donors (Lipinski definition) is 1. The van der Waals surface area contributed by atoms with Crippen LogP contribution in [-0.2, 0) is 4.74 Å². The number of methoxy groups -OCH3 is 1. The normalized spacial score (nSPS) is 11.8. The molecular weight excluding hydrogens is 214 g/mol. The van der Waals surface area contributed by atoms with Gasteiger partial charge in [0.15, 0.2) is 0 Å². The second-order valence-corrected chi connectivity index (χ2v) is 3.98. The third-order valence-corrected chi connectivity index (χ3v) is 2.52. The summed E-state index contributed by atoms with van der Waals surface area (Å²) >= 11 is 0. The highest BCUT2D eigenvalue weighted by Gasteiger charge is 2.08. The average Bonchev–Trinajstić information content (AvgIpc) is 2.37. The van der Waals surface area contributed by atoms with E-state index in [1.54, 1.807) is 19.4 Å². The number of nitrogens with zero attached hydrogens (tertiary/aromatic N) is 2. The van der Waals surface area contributed by atoms with Crippen LogP contribution in [0.2, 0.25) is 0 Å². The molecule has 0 spiro atoms. The predicted octanol–water partition coefficient (Wildman–Crippen LogP) is 2.57. The number of aromatic nitrogens is 1. The summed E-state index contributed by atoms with van der Waals surface area (Å²) in [4.78, 5) is 4.19. The molecule has 0 aliphatic carbocycles.